The molecule has 0 radical (unpaired) electrons. The molecule has 0 amide bonds. The third-order valence-corrected chi connectivity index (χ3v) is 6.32. The maximum atomic E-state index is 12.8. The molecule has 0 bridgehead atoms. The topological polar surface area (TPSA) is 56.3 Å². The number of Topliss-reactive ketones (excluding diaryl/α,β-unsaturated/α-hetero) is 1. The first-order chi connectivity index (χ1) is 13.7. The molecule has 0 saturated heterocycles. The van der Waals surface area contributed by atoms with Gasteiger partial charge in [0.05, 0.1) is 17.5 Å². The van der Waals surface area contributed by atoms with E-state index in [1.807, 2.05) is 12.3 Å². The molecule has 4 nitrogen and oxygen atoms in total. The molecule has 0 fully saturated rings. The lowest BCUT2D eigenvalue weighted by Gasteiger charge is -2.19. The van der Waals surface area contributed by atoms with E-state index in [1.54, 1.807) is 6.20 Å². The third kappa shape index (κ3) is 6.63. The molecular formula is C24H30INO3. The van der Waals surface area contributed by atoms with E-state index in [0.717, 1.165) is 23.1 Å². The van der Waals surface area contributed by atoms with Crippen LogP contribution in [0.15, 0.2) is 36.7 Å². The number of aromatic nitrogens is 1. The summed E-state index contributed by atoms with van der Waals surface area (Å²) in [7, 11) is 1.38. The lowest BCUT2D eigenvalue weighted by molar-refractivity contribution is -0.141. The first-order valence-electron chi connectivity index (χ1n) is 9.98. The second-order valence-electron chi connectivity index (χ2n) is 8.02. The van der Waals surface area contributed by atoms with Crippen LogP contribution < -0.4 is 0 Å². The van der Waals surface area contributed by atoms with Gasteiger partial charge < -0.3 is 4.74 Å². The lowest BCUT2D eigenvalue weighted by atomic mass is 9.88. The summed E-state index contributed by atoms with van der Waals surface area (Å²) in [6.07, 6.45) is 4.93. The Morgan fingerprint density at radius 2 is 1.76 bits per heavy atom. The summed E-state index contributed by atoms with van der Waals surface area (Å²) in [6.45, 7) is 8.39. The number of pyridine rings is 1. The zero-order valence-electron chi connectivity index (χ0n) is 17.9. The molecule has 2 rings (SSSR count). The summed E-state index contributed by atoms with van der Waals surface area (Å²) in [5.41, 5.74) is 5.41. The SMILES string of the molecule is COC(=O)C[C@H](CC(=O)C(I)CC(C)C)c1cncc(-c2c(C)cccc2C)c1. The minimum atomic E-state index is -0.311. The summed E-state index contributed by atoms with van der Waals surface area (Å²) in [6, 6.07) is 8.27. The van der Waals surface area contributed by atoms with E-state index < -0.39 is 0 Å². The van der Waals surface area contributed by atoms with Crippen LogP contribution in [-0.2, 0) is 14.3 Å². The molecule has 1 aromatic carbocycles. The van der Waals surface area contributed by atoms with Crippen molar-refractivity contribution in [3.05, 3.63) is 53.3 Å². The lowest BCUT2D eigenvalue weighted by Crippen LogP contribution is -2.20. The fourth-order valence-electron chi connectivity index (χ4n) is 3.60. The summed E-state index contributed by atoms with van der Waals surface area (Å²) in [5, 5.41) is 0. The monoisotopic (exact) mass is 507 g/mol. The van der Waals surface area contributed by atoms with Crippen molar-refractivity contribution in [1.29, 1.82) is 0 Å². The number of hydrogen-bond donors (Lipinski definition) is 0. The first kappa shape index (κ1) is 23.5. The number of rotatable bonds is 9. The Bertz CT molecular complexity index is 843. The van der Waals surface area contributed by atoms with Crippen LogP contribution in [0.3, 0.4) is 0 Å². The van der Waals surface area contributed by atoms with E-state index in [4.69, 9.17) is 4.74 Å². The first-order valence-corrected chi connectivity index (χ1v) is 11.2. The van der Waals surface area contributed by atoms with Crippen LogP contribution >= 0.6 is 22.6 Å². The van der Waals surface area contributed by atoms with E-state index in [9.17, 15) is 9.59 Å². The quantitative estimate of drug-likeness (QED) is 0.244. The highest BCUT2D eigenvalue weighted by Crippen LogP contribution is 2.32. The molecule has 0 saturated carbocycles. The van der Waals surface area contributed by atoms with Crippen molar-refractivity contribution in [3.8, 4) is 11.1 Å². The minimum Gasteiger partial charge on any atom is -0.469 e. The number of carbonyl (C=O) groups excluding carboxylic acids is 2. The van der Waals surface area contributed by atoms with E-state index in [1.165, 1.54) is 18.2 Å². The van der Waals surface area contributed by atoms with Crippen LogP contribution in [0.25, 0.3) is 11.1 Å². The highest BCUT2D eigenvalue weighted by Gasteiger charge is 2.25. The number of alkyl halides is 1. The summed E-state index contributed by atoms with van der Waals surface area (Å²) in [4.78, 5) is 29.3. The van der Waals surface area contributed by atoms with E-state index >= 15 is 0 Å². The molecule has 0 aliphatic rings. The van der Waals surface area contributed by atoms with Gasteiger partial charge in [-0.25, -0.2) is 0 Å². The number of ether oxygens (including phenoxy) is 1. The molecule has 1 unspecified atom stereocenters. The Morgan fingerprint density at radius 1 is 1.10 bits per heavy atom. The van der Waals surface area contributed by atoms with Gasteiger partial charge in [-0.3, -0.25) is 14.6 Å². The van der Waals surface area contributed by atoms with E-state index in [0.29, 0.717) is 12.3 Å². The average Bonchev–Trinajstić information content (AvgIpc) is 2.66. The smallest absolute Gasteiger partial charge is 0.306 e. The van der Waals surface area contributed by atoms with Gasteiger partial charge in [-0.2, -0.15) is 0 Å². The molecule has 0 aliphatic carbocycles. The van der Waals surface area contributed by atoms with Gasteiger partial charge in [0.2, 0.25) is 0 Å². The zero-order valence-corrected chi connectivity index (χ0v) is 20.0. The van der Waals surface area contributed by atoms with Gasteiger partial charge in [-0.1, -0.05) is 54.6 Å². The molecular weight excluding hydrogens is 477 g/mol. The fraction of sp³-hybridized carbons (Fsp3) is 0.458. The summed E-state index contributed by atoms with van der Waals surface area (Å²) in [5.74, 6) is 0.0740. The molecule has 0 spiro atoms. The predicted octanol–water partition coefficient (Wildman–Crippen LogP) is 5.82. The van der Waals surface area contributed by atoms with Gasteiger partial charge >= 0.3 is 5.97 Å². The Hall–Kier alpha value is -1.76. The maximum Gasteiger partial charge on any atom is 0.306 e. The Morgan fingerprint density at radius 3 is 2.34 bits per heavy atom. The minimum absolute atomic E-state index is 0.0532. The number of esters is 1. The number of nitrogens with zero attached hydrogens (tertiary/aromatic N) is 1. The highest BCUT2D eigenvalue weighted by atomic mass is 127. The van der Waals surface area contributed by atoms with Gasteiger partial charge in [0.1, 0.15) is 5.78 Å². The van der Waals surface area contributed by atoms with Crippen LogP contribution in [0.5, 0.6) is 0 Å². The van der Waals surface area contributed by atoms with Crippen LogP contribution in [0, 0.1) is 19.8 Å². The van der Waals surface area contributed by atoms with Gasteiger partial charge in [0.25, 0.3) is 0 Å². The van der Waals surface area contributed by atoms with Crippen molar-refractivity contribution in [3.63, 3.8) is 0 Å². The van der Waals surface area contributed by atoms with Crippen molar-refractivity contribution in [2.45, 2.75) is 56.8 Å². The van der Waals surface area contributed by atoms with Crippen molar-refractivity contribution in [1.82, 2.24) is 4.98 Å². The number of benzene rings is 1. The van der Waals surface area contributed by atoms with Crippen LogP contribution in [0.1, 0.15) is 55.7 Å². The second kappa shape index (κ2) is 10.9. The van der Waals surface area contributed by atoms with Crippen molar-refractivity contribution in [2.24, 2.45) is 5.92 Å². The number of methoxy groups -OCH3 is 1. The summed E-state index contributed by atoms with van der Waals surface area (Å²) >= 11 is 2.22. The molecule has 1 aromatic heterocycles. The number of carbonyl (C=O) groups is 2. The molecule has 0 aliphatic heterocycles. The molecule has 5 heteroatoms. The molecule has 2 atom stereocenters. The Balaban J connectivity index is 2.36. The Kier molecular flexibility index (Phi) is 8.80. The zero-order chi connectivity index (χ0) is 21.6. The van der Waals surface area contributed by atoms with E-state index in [2.05, 4.69) is 73.5 Å². The van der Waals surface area contributed by atoms with Gasteiger partial charge in [-0.15, -0.1) is 0 Å². The van der Waals surface area contributed by atoms with Crippen LogP contribution in [0.2, 0.25) is 0 Å². The Labute approximate surface area is 187 Å². The van der Waals surface area contributed by atoms with Crippen LogP contribution in [-0.4, -0.2) is 27.8 Å². The van der Waals surface area contributed by atoms with Gasteiger partial charge in [0.15, 0.2) is 0 Å². The molecule has 1 heterocycles. The average molecular weight is 507 g/mol. The number of hydrogen-bond acceptors (Lipinski definition) is 4. The van der Waals surface area contributed by atoms with Crippen molar-refractivity contribution < 1.29 is 14.3 Å². The van der Waals surface area contributed by atoms with Gasteiger partial charge in [0, 0.05) is 30.3 Å². The number of aryl methyl sites for hydroxylation is 2. The largest absolute Gasteiger partial charge is 0.469 e. The van der Waals surface area contributed by atoms with E-state index in [-0.39, 0.29) is 28.0 Å². The molecule has 29 heavy (non-hydrogen) atoms. The van der Waals surface area contributed by atoms with Crippen LogP contribution in [0.4, 0.5) is 0 Å². The van der Waals surface area contributed by atoms with Gasteiger partial charge in [-0.05, 0) is 54.5 Å². The third-order valence-electron chi connectivity index (χ3n) is 5.12. The predicted molar refractivity (Wildman–Crippen MR) is 125 cm³/mol. The highest BCUT2D eigenvalue weighted by molar-refractivity contribution is 14.1. The molecule has 0 N–H and O–H groups in total. The number of ketones is 1. The standard InChI is InChI=1S/C24H30INO3/c1-15(2)9-21(25)22(27)11-18(12-23(28)29-5)19-10-20(14-26-13-19)24-16(3)7-6-8-17(24)4/h6-8,10,13-15,18,21H,9,11-12H2,1-5H3/t18-,21?/m0/s1. The van der Waals surface area contributed by atoms with Crippen molar-refractivity contribution in [2.75, 3.05) is 7.11 Å². The fourth-order valence-corrected chi connectivity index (χ4v) is 4.87. The molecule has 156 valence electrons. The maximum absolute atomic E-state index is 12.8. The summed E-state index contributed by atoms with van der Waals surface area (Å²) < 4.78 is 4.84. The normalized spacial score (nSPS) is 13.2. The molecule has 2 aromatic rings. The van der Waals surface area contributed by atoms with Crippen molar-refractivity contribution >= 4 is 34.3 Å². The second-order valence-corrected chi connectivity index (χ2v) is 9.52. The number of halogens is 1.